The van der Waals surface area contributed by atoms with Crippen molar-refractivity contribution in [2.24, 2.45) is 0 Å². The molecule has 0 radical (unpaired) electrons. The Kier molecular flexibility index (Phi) is 5.11. The Morgan fingerprint density at radius 3 is 2.68 bits per heavy atom. The van der Waals surface area contributed by atoms with E-state index in [-0.39, 0.29) is 12.5 Å². The SMILES string of the molecule is CCOC(=O)C(C)(C)NCc1occc1C(=O)OC. The lowest BCUT2D eigenvalue weighted by atomic mass is 10.1. The van der Waals surface area contributed by atoms with Gasteiger partial charge in [-0.25, -0.2) is 4.79 Å². The lowest BCUT2D eigenvalue weighted by molar-refractivity contribution is -0.149. The highest BCUT2D eigenvalue weighted by atomic mass is 16.5. The fourth-order valence-electron chi connectivity index (χ4n) is 1.45. The zero-order valence-corrected chi connectivity index (χ0v) is 11.6. The van der Waals surface area contributed by atoms with E-state index in [0.717, 1.165) is 0 Å². The zero-order chi connectivity index (χ0) is 14.5. The van der Waals surface area contributed by atoms with Crippen LogP contribution in [-0.2, 0) is 20.8 Å². The van der Waals surface area contributed by atoms with E-state index < -0.39 is 11.5 Å². The summed E-state index contributed by atoms with van der Waals surface area (Å²) < 4.78 is 14.8. The van der Waals surface area contributed by atoms with E-state index in [1.165, 1.54) is 19.4 Å². The van der Waals surface area contributed by atoms with Crippen molar-refractivity contribution in [2.75, 3.05) is 13.7 Å². The van der Waals surface area contributed by atoms with E-state index in [1.54, 1.807) is 20.8 Å². The second-order valence-electron chi connectivity index (χ2n) is 4.45. The van der Waals surface area contributed by atoms with Gasteiger partial charge < -0.3 is 13.9 Å². The van der Waals surface area contributed by atoms with Gasteiger partial charge in [0.2, 0.25) is 0 Å². The van der Waals surface area contributed by atoms with E-state index in [9.17, 15) is 9.59 Å². The zero-order valence-electron chi connectivity index (χ0n) is 11.6. The van der Waals surface area contributed by atoms with Gasteiger partial charge in [0.1, 0.15) is 16.9 Å². The molecule has 0 aromatic carbocycles. The van der Waals surface area contributed by atoms with Crippen molar-refractivity contribution < 1.29 is 23.5 Å². The minimum absolute atomic E-state index is 0.225. The molecular weight excluding hydrogens is 250 g/mol. The first-order valence-electron chi connectivity index (χ1n) is 5.99. The molecule has 1 heterocycles. The number of ether oxygens (including phenoxy) is 2. The van der Waals surface area contributed by atoms with Crippen molar-refractivity contribution in [3.8, 4) is 0 Å². The molecule has 0 aliphatic carbocycles. The molecule has 1 rings (SSSR count). The molecule has 0 aliphatic heterocycles. The van der Waals surface area contributed by atoms with Gasteiger partial charge in [-0.3, -0.25) is 10.1 Å². The van der Waals surface area contributed by atoms with Gasteiger partial charge in [0.05, 0.1) is 26.5 Å². The number of furan rings is 1. The first kappa shape index (κ1) is 15.2. The van der Waals surface area contributed by atoms with Crippen LogP contribution in [0.1, 0.15) is 36.9 Å². The fourth-order valence-corrected chi connectivity index (χ4v) is 1.45. The predicted octanol–water partition coefficient (Wildman–Crippen LogP) is 1.50. The number of carbonyl (C=O) groups excluding carboxylic acids is 2. The van der Waals surface area contributed by atoms with Crippen molar-refractivity contribution in [1.29, 1.82) is 0 Å². The van der Waals surface area contributed by atoms with E-state index >= 15 is 0 Å². The summed E-state index contributed by atoms with van der Waals surface area (Å²) in [6, 6.07) is 1.53. The van der Waals surface area contributed by atoms with Crippen LogP contribution in [0.3, 0.4) is 0 Å². The largest absolute Gasteiger partial charge is 0.467 e. The normalized spacial score (nSPS) is 11.2. The highest BCUT2D eigenvalue weighted by Crippen LogP contribution is 2.14. The molecule has 1 aromatic rings. The summed E-state index contributed by atoms with van der Waals surface area (Å²) in [5, 5.41) is 2.99. The smallest absolute Gasteiger partial charge is 0.341 e. The molecule has 19 heavy (non-hydrogen) atoms. The Morgan fingerprint density at radius 1 is 1.42 bits per heavy atom. The molecule has 0 bridgehead atoms. The summed E-state index contributed by atoms with van der Waals surface area (Å²) in [6.45, 7) is 5.69. The van der Waals surface area contributed by atoms with Crippen LogP contribution in [0.2, 0.25) is 0 Å². The molecule has 1 N–H and O–H groups in total. The van der Waals surface area contributed by atoms with Gasteiger partial charge in [0.15, 0.2) is 0 Å². The molecule has 6 heteroatoms. The van der Waals surface area contributed by atoms with Crippen molar-refractivity contribution in [3.05, 3.63) is 23.7 Å². The summed E-state index contributed by atoms with van der Waals surface area (Å²) in [5.74, 6) is -0.412. The van der Waals surface area contributed by atoms with Crippen LogP contribution in [0.5, 0.6) is 0 Å². The molecule has 0 fully saturated rings. The van der Waals surface area contributed by atoms with Gasteiger partial charge in [-0.05, 0) is 26.8 Å². The van der Waals surface area contributed by atoms with Crippen molar-refractivity contribution in [3.63, 3.8) is 0 Å². The van der Waals surface area contributed by atoms with E-state index in [1.807, 2.05) is 0 Å². The molecule has 106 valence electrons. The molecule has 0 atom stereocenters. The predicted molar refractivity (Wildman–Crippen MR) is 67.6 cm³/mol. The lowest BCUT2D eigenvalue weighted by Gasteiger charge is -2.23. The minimum atomic E-state index is -0.865. The Morgan fingerprint density at radius 2 is 2.11 bits per heavy atom. The monoisotopic (exact) mass is 269 g/mol. The van der Waals surface area contributed by atoms with Crippen LogP contribution in [0.15, 0.2) is 16.7 Å². The molecule has 0 saturated carbocycles. The Hall–Kier alpha value is -1.82. The van der Waals surface area contributed by atoms with Gasteiger partial charge >= 0.3 is 11.9 Å². The molecule has 0 amide bonds. The molecule has 0 spiro atoms. The van der Waals surface area contributed by atoms with Crippen LogP contribution in [0.4, 0.5) is 0 Å². The summed E-state index contributed by atoms with van der Waals surface area (Å²) in [7, 11) is 1.30. The number of esters is 2. The summed E-state index contributed by atoms with van der Waals surface area (Å²) in [5.41, 5.74) is -0.523. The minimum Gasteiger partial charge on any atom is -0.467 e. The van der Waals surface area contributed by atoms with Crippen LogP contribution in [-0.4, -0.2) is 31.2 Å². The molecule has 1 aromatic heterocycles. The highest BCUT2D eigenvalue weighted by Gasteiger charge is 2.29. The van der Waals surface area contributed by atoms with Crippen molar-refractivity contribution in [2.45, 2.75) is 32.9 Å². The summed E-state index contributed by atoms with van der Waals surface area (Å²) in [6.07, 6.45) is 1.40. The number of hydrogen-bond donors (Lipinski definition) is 1. The van der Waals surface area contributed by atoms with Crippen molar-refractivity contribution >= 4 is 11.9 Å². The first-order valence-corrected chi connectivity index (χ1v) is 5.99. The van der Waals surface area contributed by atoms with Crippen molar-refractivity contribution in [1.82, 2.24) is 5.32 Å². The number of nitrogens with one attached hydrogen (secondary N) is 1. The molecular formula is C13H19NO5. The molecule has 0 unspecified atom stereocenters. The van der Waals surface area contributed by atoms with Gasteiger partial charge in [-0.15, -0.1) is 0 Å². The maximum atomic E-state index is 11.7. The first-order chi connectivity index (χ1) is 8.92. The molecule has 0 aliphatic rings. The van der Waals surface area contributed by atoms with Gasteiger partial charge in [0.25, 0.3) is 0 Å². The van der Waals surface area contributed by atoms with E-state index in [4.69, 9.17) is 9.15 Å². The van der Waals surface area contributed by atoms with Crippen LogP contribution in [0, 0.1) is 0 Å². The number of rotatable bonds is 6. The number of carbonyl (C=O) groups is 2. The highest BCUT2D eigenvalue weighted by molar-refractivity contribution is 5.90. The number of hydrogen-bond acceptors (Lipinski definition) is 6. The van der Waals surface area contributed by atoms with E-state index in [2.05, 4.69) is 10.1 Å². The van der Waals surface area contributed by atoms with Crippen LogP contribution >= 0.6 is 0 Å². The molecule has 6 nitrogen and oxygen atoms in total. The second-order valence-corrected chi connectivity index (χ2v) is 4.45. The van der Waals surface area contributed by atoms with E-state index in [0.29, 0.717) is 17.9 Å². The summed E-state index contributed by atoms with van der Waals surface area (Å²) in [4.78, 5) is 23.1. The third kappa shape index (κ3) is 3.82. The lowest BCUT2D eigenvalue weighted by Crippen LogP contribution is -2.47. The maximum Gasteiger partial charge on any atom is 0.341 e. The molecule has 0 saturated heterocycles. The Labute approximate surface area is 112 Å². The average molecular weight is 269 g/mol. The van der Waals surface area contributed by atoms with Gasteiger partial charge in [-0.2, -0.15) is 0 Å². The van der Waals surface area contributed by atoms with Gasteiger partial charge in [-0.1, -0.05) is 0 Å². The third-order valence-electron chi connectivity index (χ3n) is 2.63. The standard InChI is InChI=1S/C13H19NO5/c1-5-18-12(16)13(2,3)14-8-10-9(6-7-19-10)11(15)17-4/h6-7,14H,5,8H2,1-4H3. The number of methoxy groups -OCH3 is 1. The van der Waals surface area contributed by atoms with Gasteiger partial charge in [0, 0.05) is 0 Å². The fraction of sp³-hybridized carbons (Fsp3) is 0.538. The Bertz CT molecular complexity index is 450. The summed E-state index contributed by atoms with van der Waals surface area (Å²) >= 11 is 0. The quantitative estimate of drug-likeness (QED) is 0.788. The van der Waals surface area contributed by atoms with Crippen LogP contribution < -0.4 is 5.32 Å². The second kappa shape index (κ2) is 6.38. The maximum absolute atomic E-state index is 11.7. The topological polar surface area (TPSA) is 77.8 Å². The van der Waals surface area contributed by atoms with Crippen LogP contribution in [0.25, 0.3) is 0 Å². The third-order valence-corrected chi connectivity index (χ3v) is 2.63. The average Bonchev–Trinajstić information content (AvgIpc) is 2.84. The Balaban J connectivity index is 2.69.